The number of nitriles is 1. The van der Waals surface area contributed by atoms with Crippen LogP contribution in [-0.4, -0.2) is 6.61 Å². The van der Waals surface area contributed by atoms with Crippen LogP contribution < -0.4 is 4.74 Å². The molecular weight excluding hydrogens is 440 g/mol. The summed E-state index contributed by atoms with van der Waals surface area (Å²) in [5, 5.41) is 10.4. The second-order valence-corrected chi connectivity index (χ2v) is 8.86. The van der Waals surface area contributed by atoms with E-state index in [9.17, 15) is 4.39 Å². The van der Waals surface area contributed by atoms with Gasteiger partial charge in [0.25, 0.3) is 0 Å². The van der Waals surface area contributed by atoms with Gasteiger partial charge < -0.3 is 4.74 Å². The molecule has 0 aromatic heterocycles. The van der Waals surface area contributed by atoms with Crippen molar-refractivity contribution in [3.05, 3.63) is 112 Å². The van der Waals surface area contributed by atoms with Crippen LogP contribution in [0.1, 0.15) is 47.6 Å². The molecule has 0 saturated carbocycles. The Kier molecular flexibility index (Phi) is 8.11. The second kappa shape index (κ2) is 11.6. The van der Waals surface area contributed by atoms with Gasteiger partial charge in [-0.15, -0.1) is 0 Å². The number of rotatable bonds is 10. The van der Waals surface area contributed by atoms with Crippen LogP contribution in [-0.2, 0) is 25.7 Å². The van der Waals surface area contributed by atoms with Crippen molar-refractivity contribution >= 4 is 10.8 Å². The fourth-order valence-electron chi connectivity index (χ4n) is 4.19. The summed E-state index contributed by atoms with van der Waals surface area (Å²) in [7, 11) is 0. The molecule has 0 fully saturated rings. The highest BCUT2D eigenvalue weighted by molar-refractivity contribution is 5.84. The Morgan fingerprint density at radius 3 is 2.23 bits per heavy atom. The first-order valence-electron chi connectivity index (χ1n) is 12.2. The fourth-order valence-corrected chi connectivity index (χ4v) is 4.19. The van der Waals surface area contributed by atoms with E-state index < -0.39 is 0 Å². The number of fused-ring (bicyclic) bond motifs is 1. The molecule has 4 heteroatoms. The molecule has 0 atom stereocenters. The molecule has 0 heterocycles. The third-order valence-electron chi connectivity index (χ3n) is 6.34. The van der Waals surface area contributed by atoms with E-state index in [1.807, 2.05) is 48.5 Å². The molecule has 0 bridgehead atoms. The number of aryl methyl sites for hydroxylation is 4. The van der Waals surface area contributed by atoms with Crippen LogP contribution >= 0.6 is 0 Å². The van der Waals surface area contributed by atoms with Gasteiger partial charge in [0.1, 0.15) is 17.4 Å². The summed E-state index contributed by atoms with van der Waals surface area (Å²) in [5.74, 6) is 0.126. The van der Waals surface area contributed by atoms with E-state index in [2.05, 4.69) is 13.0 Å². The van der Waals surface area contributed by atoms with Crippen molar-refractivity contribution in [2.24, 2.45) is 0 Å². The zero-order valence-electron chi connectivity index (χ0n) is 20.0. The van der Waals surface area contributed by atoms with E-state index in [1.165, 1.54) is 6.07 Å². The molecule has 4 aromatic rings. The highest BCUT2D eigenvalue weighted by Gasteiger charge is 2.10. The van der Waals surface area contributed by atoms with Crippen molar-refractivity contribution < 1.29 is 13.5 Å². The normalized spacial score (nSPS) is 10.9. The highest BCUT2D eigenvalue weighted by Crippen LogP contribution is 2.25. The van der Waals surface area contributed by atoms with Crippen LogP contribution in [0.4, 0.5) is 8.78 Å². The van der Waals surface area contributed by atoms with Gasteiger partial charge in [0.15, 0.2) is 0 Å². The summed E-state index contributed by atoms with van der Waals surface area (Å²) in [6.45, 7) is 2.69. The average molecular weight is 470 g/mol. The summed E-state index contributed by atoms with van der Waals surface area (Å²) in [6.07, 6.45) is 4.52. The maximum Gasteiger partial charge on any atom is 0.134 e. The SMILES string of the molecule is CCCCOc1ccc(CCc2ccc3c(F)c(CCc4ccc(C#N)cc4)ccc3c2)c(F)c1. The quantitative estimate of drug-likeness (QED) is 0.223. The molecule has 4 rings (SSSR count). The maximum atomic E-state index is 15.2. The van der Waals surface area contributed by atoms with Crippen LogP contribution in [0.25, 0.3) is 10.8 Å². The van der Waals surface area contributed by atoms with Crippen molar-refractivity contribution in [2.45, 2.75) is 45.4 Å². The number of nitrogens with zero attached hydrogens (tertiary/aromatic N) is 1. The minimum Gasteiger partial charge on any atom is -0.493 e. The molecule has 2 nitrogen and oxygen atoms in total. The van der Waals surface area contributed by atoms with Crippen LogP contribution in [0.2, 0.25) is 0 Å². The first kappa shape index (κ1) is 24.4. The lowest BCUT2D eigenvalue weighted by atomic mass is 9.97. The Morgan fingerprint density at radius 1 is 0.771 bits per heavy atom. The predicted molar refractivity (Wildman–Crippen MR) is 137 cm³/mol. The van der Waals surface area contributed by atoms with Gasteiger partial charge in [-0.05, 0) is 77.9 Å². The lowest BCUT2D eigenvalue weighted by Crippen LogP contribution is -2.00. The number of unbranched alkanes of at least 4 members (excludes halogenated alkanes) is 1. The second-order valence-electron chi connectivity index (χ2n) is 8.86. The molecule has 0 N–H and O–H groups in total. The highest BCUT2D eigenvalue weighted by atomic mass is 19.1. The van der Waals surface area contributed by atoms with Gasteiger partial charge in [-0.2, -0.15) is 5.26 Å². The third-order valence-corrected chi connectivity index (χ3v) is 6.34. The smallest absolute Gasteiger partial charge is 0.134 e. The van der Waals surface area contributed by atoms with Crippen molar-refractivity contribution in [1.29, 1.82) is 5.26 Å². The van der Waals surface area contributed by atoms with Crippen molar-refractivity contribution in [1.82, 2.24) is 0 Å². The number of hydrogen-bond acceptors (Lipinski definition) is 2. The van der Waals surface area contributed by atoms with Crippen molar-refractivity contribution in [2.75, 3.05) is 6.61 Å². The summed E-state index contributed by atoms with van der Waals surface area (Å²) >= 11 is 0. The van der Waals surface area contributed by atoms with E-state index >= 15 is 4.39 Å². The molecule has 0 amide bonds. The molecule has 0 aliphatic carbocycles. The Labute approximate surface area is 205 Å². The van der Waals surface area contributed by atoms with E-state index in [1.54, 1.807) is 18.2 Å². The van der Waals surface area contributed by atoms with Gasteiger partial charge in [0.2, 0.25) is 0 Å². The summed E-state index contributed by atoms with van der Waals surface area (Å²) in [5.41, 5.74) is 4.07. The summed E-state index contributed by atoms with van der Waals surface area (Å²) in [6, 6.07) is 24.1. The van der Waals surface area contributed by atoms with E-state index in [-0.39, 0.29) is 11.6 Å². The third kappa shape index (κ3) is 6.25. The van der Waals surface area contributed by atoms with Gasteiger partial charge in [-0.3, -0.25) is 0 Å². The first-order chi connectivity index (χ1) is 17.1. The zero-order valence-corrected chi connectivity index (χ0v) is 20.0. The van der Waals surface area contributed by atoms with Crippen LogP contribution in [0.5, 0.6) is 5.75 Å². The minimum absolute atomic E-state index is 0.188. The number of hydrogen-bond donors (Lipinski definition) is 0. The van der Waals surface area contributed by atoms with Gasteiger partial charge in [-0.25, -0.2) is 8.78 Å². The zero-order chi connectivity index (χ0) is 24.6. The standard InChI is InChI=1S/C31H29F2NO/c1-2-3-18-35-28-16-15-25(30(32)20-28)11-9-23-10-17-29-27(19-23)14-13-26(31(29)33)12-8-22-4-6-24(21-34)7-5-22/h4-7,10,13-17,19-20H,2-3,8-9,11-12,18H2,1H3. The molecule has 0 spiro atoms. The first-order valence-corrected chi connectivity index (χ1v) is 12.2. The molecule has 35 heavy (non-hydrogen) atoms. The fraction of sp³-hybridized carbons (Fsp3) is 0.258. The molecular formula is C31H29F2NO. The largest absolute Gasteiger partial charge is 0.493 e. The lowest BCUT2D eigenvalue weighted by Gasteiger charge is -2.10. The number of benzene rings is 4. The summed E-state index contributed by atoms with van der Waals surface area (Å²) < 4.78 is 35.3. The lowest BCUT2D eigenvalue weighted by molar-refractivity contribution is 0.307. The Bertz CT molecular complexity index is 1340. The number of halogens is 2. The van der Waals surface area contributed by atoms with Crippen LogP contribution in [0.3, 0.4) is 0 Å². The van der Waals surface area contributed by atoms with E-state index in [0.29, 0.717) is 60.1 Å². The monoisotopic (exact) mass is 469 g/mol. The van der Waals surface area contributed by atoms with Gasteiger partial charge in [-0.1, -0.05) is 61.9 Å². The van der Waals surface area contributed by atoms with Gasteiger partial charge in [0, 0.05) is 11.5 Å². The molecule has 178 valence electrons. The molecule has 0 aliphatic heterocycles. The summed E-state index contributed by atoms with van der Waals surface area (Å²) in [4.78, 5) is 0. The van der Waals surface area contributed by atoms with Crippen LogP contribution in [0.15, 0.2) is 72.8 Å². The van der Waals surface area contributed by atoms with E-state index in [0.717, 1.165) is 29.4 Å². The van der Waals surface area contributed by atoms with Crippen LogP contribution in [0, 0.1) is 23.0 Å². The Balaban J connectivity index is 1.40. The Morgan fingerprint density at radius 2 is 1.49 bits per heavy atom. The molecule has 0 aliphatic rings. The molecule has 0 saturated heterocycles. The minimum atomic E-state index is -0.252. The Hall–Kier alpha value is -3.71. The average Bonchev–Trinajstić information content (AvgIpc) is 2.88. The number of ether oxygens (including phenoxy) is 1. The molecule has 4 aromatic carbocycles. The van der Waals surface area contributed by atoms with E-state index in [4.69, 9.17) is 10.00 Å². The maximum absolute atomic E-state index is 15.2. The topological polar surface area (TPSA) is 33.0 Å². The molecule has 0 radical (unpaired) electrons. The van der Waals surface area contributed by atoms with Crippen molar-refractivity contribution in [3.63, 3.8) is 0 Å². The molecule has 0 unspecified atom stereocenters. The van der Waals surface area contributed by atoms with Gasteiger partial charge in [0.05, 0.1) is 18.2 Å². The van der Waals surface area contributed by atoms with Gasteiger partial charge >= 0.3 is 0 Å². The predicted octanol–water partition coefficient (Wildman–Crippen LogP) is 7.74. The van der Waals surface area contributed by atoms with Crippen molar-refractivity contribution in [3.8, 4) is 11.8 Å².